The summed E-state index contributed by atoms with van der Waals surface area (Å²) < 4.78 is 10.2. The van der Waals surface area contributed by atoms with Crippen LogP contribution in [0, 0.1) is 5.41 Å². The van der Waals surface area contributed by atoms with Gasteiger partial charge in [-0.25, -0.2) is 0 Å². The lowest BCUT2D eigenvalue weighted by Gasteiger charge is -2.27. The summed E-state index contributed by atoms with van der Waals surface area (Å²) >= 11 is 0. The molecule has 0 saturated heterocycles. The molecule has 0 aromatic rings. The maximum atomic E-state index is 10.4. The molecule has 78 valence electrons. The van der Waals surface area contributed by atoms with Gasteiger partial charge in [-0.05, 0) is 12.3 Å². The maximum absolute atomic E-state index is 10.4. The Morgan fingerprint density at radius 2 is 1.85 bits per heavy atom. The van der Waals surface area contributed by atoms with Gasteiger partial charge < -0.3 is 9.47 Å². The first kappa shape index (κ1) is 12.4. The first-order chi connectivity index (χ1) is 5.84. The van der Waals surface area contributed by atoms with Crippen LogP contribution in [0.4, 0.5) is 0 Å². The third-order valence-corrected chi connectivity index (χ3v) is 1.98. The summed E-state index contributed by atoms with van der Waals surface area (Å²) in [6.45, 7) is 10.6. The first-order valence-electron chi connectivity index (χ1n) is 4.59. The van der Waals surface area contributed by atoms with Gasteiger partial charge in [0, 0.05) is 6.92 Å². The SMILES string of the molecule is CC(=O)OCCOC(C)C(C)(C)C. The fraction of sp³-hybridized carbons (Fsp3) is 0.900. The van der Waals surface area contributed by atoms with Gasteiger partial charge in [-0.1, -0.05) is 20.8 Å². The third-order valence-electron chi connectivity index (χ3n) is 1.98. The highest BCUT2D eigenvalue weighted by Crippen LogP contribution is 2.21. The second kappa shape index (κ2) is 5.22. The van der Waals surface area contributed by atoms with Crippen molar-refractivity contribution in [3.8, 4) is 0 Å². The van der Waals surface area contributed by atoms with Crippen molar-refractivity contribution in [2.75, 3.05) is 13.2 Å². The number of hydrogen-bond acceptors (Lipinski definition) is 3. The molecule has 3 heteroatoms. The highest BCUT2D eigenvalue weighted by Gasteiger charge is 2.20. The summed E-state index contributed by atoms with van der Waals surface area (Å²) in [5.74, 6) is -0.257. The van der Waals surface area contributed by atoms with Crippen LogP contribution in [-0.4, -0.2) is 25.3 Å². The van der Waals surface area contributed by atoms with Gasteiger partial charge in [0.25, 0.3) is 0 Å². The van der Waals surface area contributed by atoms with E-state index < -0.39 is 0 Å². The van der Waals surface area contributed by atoms with Gasteiger partial charge in [-0.3, -0.25) is 4.79 Å². The molecule has 0 N–H and O–H groups in total. The molecule has 0 aromatic heterocycles. The van der Waals surface area contributed by atoms with E-state index in [2.05, 4.69) is 20.8 Å². The van der Waals surface area contributed by atoms with E-state index in [0.717, 1.165) is 0 Å². The van der Waals surface area contributed by atoms with Crippen LogP contribution >= 0.6 is 0 Å². The third kappa shape index (κ3) is 6.58. The van der Waals surface area contributed by atoms with Gasteiger partial charge in [0.1, 0.15) is 6.61 Å². The van der Waals surface area contributed by atoms with Gasteiger partial charge in [0.05, 0.1) is 12.7 Å². The zero-order valence-electron chi connectivity index (χ0n) is 9.22. The fourth-order valence-corrected chi connectivity index (χ4v) is 0.660. The van der Waals surface area contributed by atoms with E-state index in [1.807, 2.05) is 6.92 Å². The molecule has 3 nitrogen and oxygen atoms in total. The summed E-state index contributed by atoms with van der Waals surface area (Å²) in [5, 5.41) is 0. The molecular formula is C10H20O3. The number of rotatable bonds is 4. The van der Waals surface area contributed by atoms with Gasteiger partial charge >= 0.3 is 5.97 Å². The largest absolute Gasteiger partial charge is 0.463 e. The fourth-order valence-electron chi connectivity index (χ4n) is 0.660. The van der Waals surface area contributed by atoms with Crippen LogP contribution in [0.2, 0.25) is 0 Å². The monoisotopic (exact) mass is 188 g/mol. The van der Waals surface area contributed by atoms with Crippen molar-refractivity contribution in [3.63, 3.8) is 0 Å². The number of carbonyl (C=O) groups is 1. The minimum absolute atomic E-state index is 0.135. The van der Waals surface area contributed by atoms with Crippen LogP contribution in [0.3, 0.4) is 0 Å². The molecule has 0 amide bonds. The van der Waals surface area contributed by atoms with E-state index in [0.29, 0.717) is 13.2 Å². The summed E-state index contributed by atoms with van der Waals surface area (Å²) in [4.78, 5) is 10.4. The first-order valence-corrected chi connectivity index (χ1v) is 4.59. The van der Waals surface area contributed by atoms with Crippen molar-refractivity contribution >= 4 is 5.97 Å². The van der Waals surface area contributed by atoms with Crippen molar-refractivity contribution in [2.45, 2.75) is 40.7 Å². The lowest BCUT2D eigenvalue weighted by molar-refractivity contribution is -0.143. The Morgan fingerprint density at radius 3 is 2.23 bits per heavy atom. The van der Waals surface area contributed by atoms with E-state index in [1.165, 1.54) is 6.92 Å². The molecule has 0 aliphatic carbocycles. The van der Waals surface area contributed by atoms with Crippen molar-refractivity contribution in [3.05, 3.63) is 0 Å². The minimum atomic E-state index is -0.257. The van der Waals surface area contributed by atoms with E-state index in [9.17, 15) is 4.79 Å². The Morgan fingerprint density at radius 1 is 1.31 bits per heavy atom. The van der Waals surface area contributed by atoms with Crippen molar-refractivity contribution < 1.29 is 14.3 Å². The summed E-state index contributed by atoms with van der Waals surface area (Å²) in [6.07, 6.45) is 0.169. The predicted octanol–water partition coefficient (Wildman–Crippen LogP) is 2.00. The smallest absolute Gasteiger partial charge is 0.302 e. The van der Waals surface area contributed by atoms with Gasteiger partial charge in [-0.2, -0.15) is 0 Å². The Hall–Kier alpha value is -0.570. The molecule has 0 aliphatic rings. The Bertz CT molecular complexity index is 158. The molecule has 0 rings (SSSR count). The van der Waals surface area contributed by atoms with Crippen LogP contribution in [0.15, 0.2) is 0 Å². The number of carbonyl (C=O) groups excluding carboxylic acids is 1. The van der Waals surface area contributed by atoms with Crippen molar-refractivity contribution in [2.24, 2.45) is 5.41 Å². The number of ether oxygens (including phenoxy) is 2. The van der Waals surface area contributed by atoms with E-state index >= 15 is 0 Å². The van der Waals surface area contributed by atoms with Crippen LogP contribution < -0.4 is 0 Å². The lowest BCUT2D eigenvalue weighted by Crippen LogP contribution is -2.27. The summed E-state index contributed by atoms with van der Waals surface area (Å²) in [5.41, 5.74) is 0.135. The van der Waals surface area contributed by atoms with E-state index in [-0.39, 0.29) is 17.5 Å². The topological polar surface area (TPSA) is 35.5 Å². The summed E-state index contributed by atoms with van der Waals surface area (Å²) in [7, 11) is 0. The Balaban J connectivity index is 3.49. The van der Waals surface area contributed by atoms with Crippen molar-refractivity contribution in [1.82, 2.24) is 0 Å². The normalized spacial score (nSPS) is 13.9. The van der Waals surface area contributed by atoms with Crippen LogP contribution in [-0.2, 0) is 14.3 Å². The van der Waals surface area contributed by atoms with E-state index in [4.69, 9.17) is 9.47 Å². The second-order valence-corrected chi connectivity index (χ2v) is 4.22. The molecule has 0 bridgehead atoms. The molecule has 0 aliphatic heterocycles. The van der Waals surface area contributed by atoms with Crippen LogP contribution in [0.1, 0.15) is 34.6 Å². The molecule has 0 heterocycles. The summed E-state index contributed by atoms with van der Waals surface area (Å²) in [6, 6.07) is 0. The molecule has 0 radical (unpaired) electrons. The van der Waals surface area contributed by atoms with Gasteiger partial charge in [-0.15, -0.1) is 0 Å². The predicted molar refractivity (Wildman–Crippen MR) is 51.5 cm³/mol. The Labute approximate surface area is 80.4 Å². The number of esters is 1. The molecule has 0 spiro atoms. The zero-order chi connectivity index (χ0) is 10.5. The molecule has 1 unspecified atom stereocenters. The average molecular weight is 188 g/mol. The molecule has 1 atom stereocenters. The molecule has 0 saturated carbocycles. The lowest BCUT2D eigenvalue weighted by atomic mass is 9.90. The molecule has 0 aromatic carbocycles. The minimum Gasteiger partial charge on any atom is -0.463 e. The molecule has 13 heavy (non-hydrogen) atoms. The average Bonchev–Trinajstić information content (AvgIpc) is 1.95. The quantitative estimate of drug-likeness (QED) is 0.500. The van der Waals surface area contributed by atoms with Gasteiger partial charge in [0.2, 0.25) is 0 Å². The Kier molecular flexibility index (Phi) is 4.99. The highest BCUT2D eigenvalue weighted by atomic mass is 16.6. The number of hydrogen-bond donors (Lipinski definition) is 0. The van der Waals surface area contributed by atoms with Crippen LogP contribution in [0.5, 0.6) is 0 Å². The second-order valence-electron chi connectivity index (χ2n) is 4.22. The van der Waals surface area contributed by atoms with E-state index in [1.54, 1.807) is 0 Å². The van der Waals surface area contributed by atoms with Gasteiger partial charge in [0.15, 0.2) is 0 Å². The zero-order valence-corrected chi connectivity index (χ0v) is 9.22. The molecule has 0 fully saturated rings. The standard InChI is InChI=1S/C10H20O3/c1-8(10(3,4)5)12-6-7-13-9(2)11/h8H,6-7H2,1-5H3. The van der Waals surface area contributed by atoms with Crippen molar-refractivity contribution in [1.29, 1.82) is 0 Å². The highest BCUT2D eigenvalue weighted by molar-refractivity contribution is 5.65. The van der Waals surface area contributed by atoms with Crippen LogP contribution in [0.25, 0.3) is 0 Å². The molecular weight excluding hydrogens is 168 g/mol. The maximum Gasteiger partial charge on any atom is 0.302 e.